The molecule has 0 atom stereocenters. The summed E-state index contributed by atoms with van der Waals surface area (Å²) in [5, 5.41) is 12.1. The molecule has 0 aromatic heterocycles. The smallest absolute Gasteiger partial charge is 0.387 e. The highest BCUT2D eigenvalue weighted by atomic mass is 19.3. The lowest BCUT2D eigenvalue weighted by molar-refractivity contribution is -0.0522. The molecule has 3 nitrogen and oxygen atoms in total. The Morgan fingerprint density at radius 2 is 1.65 bits per heavy atom. The van der Waals surface area contributed by atoms with E-state index in [-0.39, 0.29) is 6.61 Å². The van der Waals surface area contributed by atoms with Crippen molar-refractivity contribution in [3.63, 3.8) is 0 Å². The van der Waals surface area contributed by atoms with E-state index in [2.05, 4.69) is 10.1 Å². The summed E-state index contributed by atoms with van der Waals surface area (Å²) in [6.07, 6.45) is 0.792. The summed E-state index contributed by atoms with van der Waals surface area (Å²) in [7, 11) is 0. The average molecular weight is 325 g/mol. The predicted molar refractivity (Wildman–Crippen MR) is 80.8 cm³/mol. The van der Waals surface area contributed by atoms with Crippen LogP contribution in [0.5, 0.6) is 5.75 Å². The molecule has 0 spiro atoms. The van der Waals surface area contributed by atoms with E-state index in [0.717, 1.165) is 17.5 Å². The summed E-state index contributed by atoms with van der Waals surface area (Å²) in [4.78, 5) is 0. The SMILES string of the molecule is OCc1ccc(CCNCc2ccc(OC(F)F)c(F)c2)cc1. The van der Waals surface area contributed by atoms with Crippen molar-refractivity contribution in [3.8, 4) is 5.75 Å². The second-order valence-electron chi connectivity index (χ2n) is 5.04. The summed E-state index contributed by atoms with van der Waals surface area (Å²) in [5.41, 5.74) is 2.64. The molecule has 2 rings (SSSR count). The van der Waals surface area contributed by atoms with E-state index in [9.17, 15) is 13.2 Å². The van der Waals surface area contributed by atoms with Gasteiger partial charge in [-0.05, 0) is 41.8 Å². The van der Waals surface area contributed by atoms with Crippen LogP contribution >= 0.6 is 0 Å². The molecule has 6 heteroatoms. The Hall–Kier alpha value is -2.05. The predicted octanol–water partition coefficient (Wildman–Crippen LogP) is 3.25. The van der Waals surface area contributed by atoms with Crippen LogP contribution in [-0.4, -0.2) is 18.3 Å². The van der Waals surface area contributed by atoms with Crippen LogP contribution in [0.1, 0.15) is 16.7 Å². The maximum Gasteiger partial charge on any atom is 0.387 e. The van der Waals surface area contributed by atoms with Crippen LogP contribution in [0.3, 0.4) is 0 Å². The molecule has 0 unspecified atom stereocenters. The number of benzene rings is 2. The molecular formula is C17H18F3NO2. The fourth-order valence-corrected chi connectivity index (χ4v) is 2.12. The molecule has 0 fully saturated rings. The fourth-order valence-electron chi connectivity index (χ4n) is 2.12. The number of hydrogen-bond acceptors (Lipinski definition) is 3. The second kappa shape index (κ2) is 8.55. The second-order valence-corrected chi connectivity index (χ2v) is 5.04. The van der Waals surface area contributed by atoms with Gasteiger partial charge in [-0.1, -0.05) is 30.3 Å². The lowest BCUT2D eigenvalue weighted by Crippen LogP contribution is -2.17. The van der Waals surface area contributed by atoms with Crippen LogP contribution < -0.4 is 10.1 Å². The Morgan fingerprint density at radius 1 is 1.00 bits per heavy atom. The Labute approximate surface area is 132 Å². The van der Waals surface area contributed by atoms with E-state index in [1.165, 1.54) is 12.1 Å². The third-order valence-electron chi connectivity index (χ3n) is 3.34. The molecule has 0 heterocycles. The molecule has 0 saturated carbocycles. The summed E-state index contributed by atoms with van der Waals surface area (Å²) in [6.45, 7) is -1.89. The molecule has 0 aliphatic rings. The minimum atomic E-state index is -3.04. The van der Waals surface area contributed by atoms with Crippen molar-refractivity contribution in [3.05, 3.63) is 65.0 Å². The third-order valence-corrected chi connectivity index (χ3v) is 3.34. The number of nitrogens with one attached hydrogen (secondary N) is 1. The minimum Gasteiger partial charge on any atom is -0.432 e. The number of alkyl halides is 2. The van der Waals surface area contributed by atoms with E-state index in [0.29, 0.717) is 18.7 Å². The highest BCUT2D eigenvalue weighted by molar-refractivity contribution is 5.29. The molecule has 0 aliphatic heterocycles. The largest absolute Gasteiger partial charge is 0.432 e. The van der Waals surface area contributed by atoms with Crippen molar-refractivity contribution in [2.45, 2.75) is 26.2 Å². The molecule has 0 bridgehead atoms. The van der Waals surface area contributed by atoms with Gasteiger partial charge in [0.15, 0.2) is 11.6 Å². The maximum absolute atomic E-state index is 13.5. The summed E-state index contributed by atoms with van der Waals surface area (Å²) >= 11 is 0. The Morgan fingerprint density at radius 3 is 2.26 bits per heavy atom. The van der Waals surface area contributed by atoms with Gasteiger partial charge in [-0.15, -0.1) is 0 Å². The first-order chi connectivity index (χ1) is 11.1. The molecule has 23 heavy (non-hydrogen) atoms. The number of aliphatic hydroxyl groups is 1. The highest BCUT2D eigenvalue weighted by Gasteiger charge is 2.10. The van der Waals surface area contributed by atoms with Crippen molar-refractivity contribution >= 4 is 0 Å². The molecule has 124 valence electrons. The molecule has 2 N–H and O–H groups in total. The first kappa shape index (κ1) is 17.3. The highest BCUT2D eigenvalue weighted by Crippen LogP contribution is 2.20. The number of rotatable bonds is 8. The van der Waals surface area contributed by atoms with Crippen molar-refractivity contribution in [2.24, 2.45) is 0 Å². The van der Waals surface area contributed by atoms with E-state index < -0.39 is 18.2 Å². The van der Waals surface area contributed by atoms with Gasteiger partial charge in [-0.25, -0.2) is 4.39 Å². The molecule has 0 saturated heterocycles. The van der Waals surface area contributed by atoms with Gasteiger partial charge in [0.1, 0.15) is 0 Å². The van der Waals surface area contributed by atoms with Crippen LogP contribution in [0.25, 0.3) is 0 Å². The normalized spacial score (nSPS) is 11.0. The van der Waals surface area contributed by atoms with E-state index >= 15 is 0 Å². The molecule has 0 aliphatic carbocycles. The van der Waals surface area contributed by atoms with Gasteiger partial charge in [-0.2, -0.15) is 8.78 Å². The summed E-state index contributed by atoms with van der Waals surface area (Å²) < 4.78 is 41.7. The van der Waals surface area contributed by atoms with Crippen LogP contribution in [0.15, 0.2) is 42.5 Å². The van der Waals surface area contributed by atoms with Gasteiger partial charge in [0, 0.05) is 6.54 Å². The topological polar surface area (TPSA) is 41.5 Å². The minimum absolute atomic E-state index is 0.0232. The van der Waals surface area contributed by atoms with Crippen molar-refractivity contribution in [1.82, 2.24) is 5.32 Å². The van der Waals surface area contributed by atoms with E-state index in [1.807, 2.05) is 24.3 Å². The Balaban J connectivity index is 1.78. The zero-order valence-electron chi connectivity index (χ0n) is 12.4. The summed E-state index contributed by atoms with van der Waals surface area (Å²) in [6, 6.07) is 11.6. The number of hydrogen-bond donors (Lipinski definition) is 2. The van der Waals surface area contributed by atoms with Crippen LogP contribution in [0, 0.1) is 5.82 Å². The maximum atomic E-state index is 13.5. The molecule has 2 aromatic carbocycles. The van der Waals surface area contributed by atoms with Crippen molar-refractivity contribution in [2.75, 3.05) is 6.54 Å². The number of halogens is 3. The average Bonchev–Trinajstić information content (AvgIpc) is 2.54. The van der Waals surface area contributed by atoms with Crippen molar-refractivity contribution < 1.29 is 23.0 Å². The van der Waals surface area contributed by atoms with Crippen LogP contribution in [0.2, 0.25) is 0 Å². The Bertz CT molecular complexity index is 618. The van der Waals surface area contributed by atoms with Crippen molar-refractivity contribution in [1.29, 1.82) is 0 Å². The quantitative estimate of drug-likeness (QED) is 0.732. The Kier molecular flexibility index (Phi) is 6.43. The molecule has 0 amide bonds. The molecular weight excluding hydrogens is 307 g/mol. The van der Waals surface area contributed by atoms with Gasteiger partial charge in [0.25, 0.3) is 0 Å². The van der Waals surface area contributed by atoms with E-state index in [1.54, 1.807) is 6.07 Å². The number of ether oxygens (including phenoxy) is 1. The zero-order chi connectivity index (χ0) is 16.7. The lowest BCUT2D eigenvalue weighted by atomic mass is 10.1. The lowest BCUT2D eigenvalue weighted by Gasteiger charge is -2.09. The number of aliphatic hydroxyl groups excluding tert-OH is 1. The first-order valence-corrected chi connectivity index (χ1v) is 7.21. The van der Waals surface area contributed by atoms with Gasteiger partial charge in [0.05, 0.1) is 6.61 Å². The monoisotopic (exact) mass is 325 g/mol. The van der Waals surface area contributed by atoms with E-state index in [4.69, 9.17) is 5.11 Å². The molecule has 0 radical (unpaired) electrons. The van der Waals surface area contributed by atoms with Crippen LogP contribution in [-0.2, 0) is 19.6 Å². The first-order valence-electron chi connectivity index (χ1n) is 7.21. The van der Waals surface area contributed by atoms with Gasteiger partial charge >= 0.3 is 6.61 Å². The van der Waals surface area contributed by atoms with Gasteiger partial charge in [0.2, 0.25) is 0 Å². The zero-order valence-corrected chi connectivity index (χ0v) is 12.4. The van der Waals surface area contributed by atoms with Gasteiger partial charge < -0.3 is 15.2 Å². The van der Waals surface area contributed by atoms with Gasteiger partial charge in [-0.3, -0.25) is 0 Å². The standard InChI is InChI=1S/C17H18F3NO2/c18-15-9-14(5-6-16(15)23-17(19)20)10-21-8-7-12-1-3-13(11-22)4-2-12/h1-6,9,17,21-22H,7-8,10-11H2. The molecule has 2 aromatic rings. The third kappa shape index (κ3) is 5.58. The fraction of sp³-hybridized carbons (Fsp3) is 0.294. The summed E-state index contributed by atoms with van der Waals surface area (Å²) in [5.74, 6) is -1.25. The van der Waals surface area contributed by atoms with Crippen LogP contribution in [0.4, 0.5) is 13.2 Å².